The Morgan fingerprint density at radius 3 is 2.56 bits per heavy atom. The van der Waals surface area contributed by atoms with Gasteiger partial charge in [0, 0.05) is 35.4 Å². The highest BCUT2D eigenvalue weighted by atomic mass is 35.5. The first kappa shape index (κ1) is 16.3. The van der Waals surface area contributed by atoms with Crippen LogP contribution in [0, 0.1) is 6.92 Å². The summed E-state index contributed by atoms with van der Waals surface area (Å²) in [6.45, 7) is 3.81. The zero-order valence-electron chi connectivity index (χ0n) is 14.9. The quantitative estimate of drug-likeness (QED) is 0.523. The van der Waals surface area contributed by atoms with E-state index < -0.39 is 0 Å². The second-order valence-electron chi connectivity index (χ2n) is 6.85. The molecule has 0 radical (unpaired) electrons. The standard InChI is InChI=1S/C21H18ClN5/c1-14-12-19(26-11-10-15-4-2-3-5-17(15)13-26)27-21(23-14)24-20(25-27)16-6-8-18(22)9-7-16/h2-9,12H,10-11,13H2,1H3. The van der Waals surface area contributed by atoms with E-state index in [1.54, 1.807) is 0 Å². The molecule has 0 bridgehead atoms. The van der Waals surface area contributed by atoms with Crippen LogP contribution in [0.4, 0.5) is 5.82 Å². The second-order valence-corrected chi connectivity index (χ2v) is 7.29. The minimum atomic E-state index is 0.619. The monoisotopic (exact) mass is 375 g/mol. The number of aromatic nitrogens is 4. The van der Waals surface area contributed by atoms with E-state index in [0.717, 1.165) is 36.6 Å². The molecule has 0 atom stereocenters. The predicted molar refractivity (Wildman–Crippen MR) is 107 cm³/mol. The molecular formula is C21H18ClN5. The van der Waals surface area contributed by atoms with Crippen molar-refractivity contribution in [2.24, 2.45) is 0 Å². The SMILES string of the molecule is Cc1cc(N2CCc3ccccc3C2)n2nc(-c3ccc(Cl)cc3)nc2n1. The first-order valence-electron chi connectivity index (χ1n) is 8.99. The Balaban J connectivity index is 1.59. The molecule has 0 saturated heterocycles. The number of hydrogen-bond donors (Lipinski definition) is 0. The van der Waals surface area contributed by atoms with Gasteiger partial charge in [0.05, 0.1) is 0 Å². The van der Waals surface area contributed by atoms with Gasteiger partial charge in [-0.3, -0.25) is 0 Å². The largest absolute Gasteiger partial charge is 0.352 e. The van der Waals surface area contributed by atoms with Gasteiger partial charge in [-0.05, 0) is 48.7 Å². The lowest BCUT2D eigenvalue weighted by Crippen LogP contribution is -2.32. The normalized spacial score (nSPS) is 13.8. The first-order valence-corrected chi connectivity index (χ1v) is 9.37. The third kappa shape index (κ3) is 2.94. The van der Waals surface area contributed by atoms with Crippen molar-refractivity contribution in [1.82, 2.24) is 19.6 Å². The van der Waals surface area contributed by atoms with E-state index in [1.807, 2.05) is 35.7 Å². The van der Waals surface area contributed by atoms with Crippen LogP contribution in [0.5, 0.6) is 0 Å². The Hall–Kier alpha value is -2.92. The van der Waals surface area contributed by atoms with Crippen molar-refractivity contribution in [2.75, 3.05) is 11.4 Å². The molecule has 0 amide bonds. The number of halogens is 1. The highest BCUT2D eigenvalue weighted by molar-refractivity contribution is 6.30. The Morgan fingerprint density at radius 1 is 0.963 bits per heavy atom. The van der Waals surface area contributed by atoms with E-state index in [2.05, 4.69) is 45.2 Å². The van der Waals surface area contributed by atoms with Crippen molar-refractivity contribution in [3.8, 4) is 11.4 Å². The molecule has 6 heteroatoms. The van der Waals surface area contributed by atoms with Crippen LogP contribution in [-0.2, 0) is 13.0 Å². The molecule has 134 valence electrons. The van der Waals surface area contributed by atoms with Gasteiger partial charge in [-0.25, -0.2) is 4.98 Å². The molecule has 2 aromatic heterocycles. The van der Waals surface area contributed by atoms with E-state index in [1.165, 1.54) is 11.1 Å². The zero-order valence-corrected chi connectivity index (χ0v) is 15.7. The Bertz CT molecular complexity index is 1130. The Labute approximate surface area is 162 Å². The van der Waals surface area contributed by atoms with Crippen molar-refractivity contribution in [3.63, 3.8) is 0 Å². The fraction of sp³-hybridized carbons (Fsp3) is 0.190. The van der Waals surface area contributed by atoms with E-state index in [-0.39, 0.29) is 0 Å². The Kier molecular flexibility index (Phi) is 3.83. The number of nitrogens with zero attached hydrogens (tertiary/aromatic N) is 5. The first-order chi connectivity index (χ1) is 13.2. The molecule has 2 aromatic carbocycles. The number of rotatable bonds is 2. The van der Waals surface area contributed by atoms with E-state index in [0.29, 0.717) is 16.6 Å². The summed E-state index contributed by atoms with van der Waals surface area (Å²) in [7, 11) is 0. The number of anilines is 1. The van der Waals surface area contributed by atoms with Crippen LogP contribution in [0.2, 0.25) is 5.02 Å². The number of aryl methyl sites for hydroxylation is 1. The fourth-order valence-electron chi connectivity index (χ4n) is 3.61. The summed E-state index contributed by atoms with van der Waals surface area (Å²) in [5.74, 6) is 2.30. The van der Waals surface area contributed by atoms with Gasteiger partial charge in [-0.2, -0.15) is 9.50 Å². The molecule has 5 rings (SSSR count). The molecule has 1 aliphatic heterocycles. The minimum Gasteiger partial charge on any atom is -0.352 e. The van der Waals surface area contributed by atoms with Crippen LogP contribution >= 0.6 is 11.6 Å². The smallest absolute Gasteiger partial charge is 0.254 e. The lowest BCUT2D eigenvalue weighted by atomic mass is 10.00. The maximum Gasteiger partial charge on any atom is 0.254 e. The molecule has 1 aliphatic rings. The molecule has 5 nitrogen and oxygen atoms in total. The van der Waals surface area contributed by atoms with Crippen LogP contribution < -0.4 is 4.90 Å². The molecular weight excluding hydrogens is 358 g/mol. The Morgan fingerprint density at radius 2 is 1.74 bits per heavy atom. The maximum absolute atomic E-state index is 6.00. The minimum absolute atomic E-state index is 0.619. The third-order valence-corrected chi connectivity index (χ3v) is 5.23. The third-order valence-electron chi connectivity index (χ3n) is 4.98. The van der Waals surface area contributed by atoms with Crippen molar-refractivity contribution < 1.29 is 0 Å². The summed E-state index contributed by atoms with van der Waals surface area (Å²) in [4.78, 5) is 11.6. The van der Waals surface area contributed by atoms with Gasteiger partial charge in [0.1, 0.15) is 5.82 Å². The fourth-order valence-corrected chi connectivity index (χ4v) is 3.73. The molecule has 0 N–H and O–H groups in total. The van der Waals surface area contributed by atoms with Crippen molar-refractivity contribution in [2.45, 2.75) is 19.9 Å². The zero-order chi connectivity index (χ0) is 18.4. The second kappa shape index (κ2) is 6.35. The summed E-state index contributed by atoms with van der Waals surface area (Å²) in [5, 5.41) is 5.44. The van der Waals surface area contributed by atoms with Crippen LogP contribution in [0.15, 0.2) is 54.6 Å². The van der Waals surface area contributed by atoms with E-state index >= 15 is 0 Å². The van der Waals surface area contributed by atoms with Crippen LogP contribution in [0.1, 0.15) is 16.8 Å². The molecule has 0 fully saturated rings. The molecule has 0 aliphatic carbocycles. The van der Waals surface area contributed by atoms with Crippen LogP contribution in [0.3, 0.4) is 0 Å². The van der Waals surface area contributed by atoms with Gasteiger partial charge in [0.25, 0.3) is 5.78 Å². The van der Waals surface area contributed by atoms with Crippen molar-refractivity contribution in [1.29, 1.82) is 0 Å². The molecule has 0 spiro atoms. The number of fused-ring (bicyclic) bond motifs is 2. The lowest BCUT2D eigenvalue weighted by Gasteiger charge is -2.30. The summed E-state index contributed by atoms with van der Waals surface area (Å²) in [5.41, 5.74) is 4.66. The summed E-state index contributed by atoms with van der Waals surface area (Å²) in [6, 6.07) is 18.3. The van der Waals surface area contributed by atoms with Gasteiger partial charge in [-0.1, -0.05) is 35.9 Å². The molecule has 27 heavy (non-hydrogen) atoms. The van der Waals surface area contributed by atoms with Gasteiger partial charge >= 0.3 is 0 Å². The predicted octanol–water partition coefficient (Wildman–Crippen LogP) is 4.32. The molecule has 4 aromatic rings. The van der Waals surface area contributed by atoms with E-state index in [9.17, 15) is 0 Å². The van der Waals surface area contributed by atoms with Crippen molar-refractivity contribution >= 4 is 23.2 Å². The van der Waals surface area contributed by atoms with Crippen molar-refractivity contribution in [3.05, 3.63) is 76.4 Å². The van der Waals surface area contributed by atoms with Gasteiger partial charge in [-0.15, -0.1) is 5.10 Å². The molecule has 3 heterocycles. The van der Waals surface area contributed by atoms with E-state index in [4.69, 9.17) is 16.7 Å². The highest BCUT2D eigenvalue weighted by Gasteiger charge is 2.20. The number of hydrogen-bond acceptors (Lipinski definition) is 4. The van der Waals surface area contributed by atoms with Crippen LogP contribution in [0.25, 0.3) is 17.2 Å². The lowest BCUT2D eigenvalue weighted by molar-refractivity contribution is 0.702. The molecule has 0 saturated carbocycles. The van der Waals surface area contributed by atoms with Crippen LogP contribution in [-0.4, -0.2) is 26.1 Å². The summed E-state index contributed by atoms with van der Waals surface area (Å²) in [6.07, 6.45) is 1.03. The van der Waals surface area contributed by atoms with Gasteiger partial charge in [0.2, 0.25) is 0 Å². The molecule has 0 unspecified atom stereocenters. The van der Waals surface area contributed by atoms with Gasteiger partial charge < -0.3 is 4.90 Å². The highest BCUT2D eigenvalue weighted by Crippen LogP contribution is 2.26. The average molecular weight is 376 g/mol. The average Bonchev–Trinajstić information content (AvgIpc) is 3.11. The van der Waals surface area contributed by atoms with Gasteiger partial charge in [0.15, 0.2) is 5.82 Å². The summed E-state index contributed by atoms with van der Waals surface area (Å²) >= 11 is 6.00. The number of benzene rings is 2. The topological polar surface area (TPSA) is 46.3 Å². The maximum atomic E-state index is 6.00. The summed E-state index contributed by atoms with van der Waals surface area (Å²) < 4.78 is 1.85.